The molecule has 3 N–H and O–H groups in total. The minimum atomic E-state index is -0.560. The number of aromatic nitrogens is 5. The van der Waals surface area contributed by atoms with Crippen molar-refractivity contribution in [2.24, 2.45) is 5.10 Å². The molecule has 3 heterocycles. The van der Waals surface area contributed by atoms with Gasteiger partial charge in [0.05, 0.1) is 18.7 Å². The Morgan fingerprint density at radius 3 is 2.78 bits per heavy atom. The van der Waals surface area contributed by atoms with Gasteiger partial charge >= 0.3 is 0 Å². The fourth-order valence-corrected chi connectivity index (χ4v) is 2.34. The molecule has 0 aliphatic heterocycles. The molecule has 11 heteroatoms. The van der Waals surface area contributed by atoms with Crippen LogP contribution >= 0.6 is 0 Å². The van der Waals surface area contributed by atoms with Crippen molar-refractivity contribution in [3.8, 4) is 17.1 Å². The highest BCUT2D eigenvalue weighted by Crippen LogP contribution is 2.26. The lowest BCUT2D eigenvalue weighted by atomic mass is 10.1. The first-order chi connectivity index (χ1) is 13.2. The van der Waals surface area contributed by atoms with Crippen molar-refractivity contribution in [3.05, 3.63) is 60.2 Å². The van der Waals surface area contributed by atoms with Crippen molar-refractivity contribution < 1.29 is 13.8 Å². The highest BCUT2D eigenvalue weighted by molar-refractivity contribution is 5.98. The normalized spacial score (nSPS) is 11.1. The monoisotopic (exact) mass is 364 g/mol. The number of carbonyl (C=O) groups is 1. The zero-order valence-electron chi connectivity index (χ0n) is 13.7. The van der Waals surface area contributed by atoms with Gasteiger partial charge in [-0.2, -0.15) is 9.78 Å². The molecule has 134 valence electrons. The van der Waals surface area contributed by atoms with E-state index in [1.54, 1.807) is 18.2 Å². The van der Waals surface area contributed by atoms with E-state index in [-0.39, 0.29) is 17.3 Å². The van der Waals surface area contributed by atoms with Crippen LogP contribution < -0.4 is 11.2 Å². The van der Waals surface area contributed by atoms with Crippen molar-refractivity contribution in [1.29, 1.82) is 0 Å². The van der Waals surface area contributed by atoms with E-state index in [1.165, 1.54) is 23.4 Å². The van der Waals surface area contributed by atoms with Gasteiger partial charge in [0.15, 0.2) is 5.69 Å². The number of nitrogens with zero attached hydrogens (tertiary/aromatic N) is 6. The van der Waals surface area contributed by atoms with Crippen molar-refractivity contribution >= 4 is 17.9 Å². The van der Waals surface area contributed by atoms with E-state index >= 15 is 0 Å². The molecule has 1 amide bonds. The molecule has 0 spiro atoms. The molecule has 1 aromatic carbocycles. The summed E-state index contributed by atoms with van der Waals surface area (Å²) in [6, 6.07) is 10.8. The Hall–Kier alpha value is -4.28. The Bertz CT molecular complexity index is 1080. The van der Waals surface area contributed by atoms with Gasteiger partial charge in [-0.3, -0.25) is 4.79 Å². The van der Waals surface area contributed by atoms with Crippen molar-refractivity contribution in [2.45, 2.75) is 0 Å². The summed E-state index contributed by atoms with van der Waals surface area (Å²) in [6.07, 6.45) is 4.42. The number of hydrogen-bond donors (Lipinski definition) is 2. The molecule has 4 rings (SSSR count). The molecule has 0 saturated heterocycles. The van der Waals surface area contributed by atoms with Gasteiger partial charge in [-0.15, -0.1) is 5.10 Å². The lowest BCUT2D eigenvalue weighted by molar-refractivity contribution is 0.0950. The van der Waals surface area contributed by atoms with E-state index in [4.69, 9.17) is 10.2 Å². The second-order valence-corrected chi connectivity index (χ2v) is 5.29. The molecular weight excluding hydrogens is 352 g/mol. The van der Waals surface area contributed by atoms with E-state index in [1.807, 2.05) is 18.2 Å². The number of carbonyl (C=O) groups excluding carboxylic acids is 1. The molecule has 4 aromatic rings. The molecule has 27 heavy (non-hydrogen) atoms. The average molecular weight is 364 g/mol. The fourth-order valence-electron chi connectivity index (χ4n) is 2.34. The van der Waals surface area contributed by atoms with E-state index < -0.39 is 5.91 Å². The summed E-state index contributed by atoms with van der Waals surface area (Å²) < 4.78 is 10.8. The number of hydrogen-bond acceptors (Lipinski definition) is 9. The third-order valence-electron chi connectivity index (χ3n) is 3.55. The van der Waals surface area contributed by atoms with E-state index in [9.17, 15) is 4.79 Å². The largest absolute Gasteiger partial charge is 0.472 e. The summed E-state index contributed by atoms with van der Waals surface area (Å²) in [6.45, 7) is 0. The minimum absolute atomic E-state index is 0.0158. The SMILES string of the molecule is Nc1nonc1-n1nnc(C(=O)N/N=C\c2ccoc2)c1-c1ccccc1. The summed E-state index contributed by atoms with van der Waals surface area (Å²) >= 11 is 0. The Labute approximate surface area is 151 Å². The predicted molar refractivity (Wildman–Crippen MR) is 92.8 cm³/mol. The molecule has 0 fully saturated rings. The second kappa shape index (κ2) is 6.92. The van der Waals surface area contributed by atoms with Gasteiger partial charge in [-0.25, -0.2) is 10.1 Å². The van der Waals surface area contributed by atoms with Crippen LogP contribution in [-0.4, -0.2) is 37.4 Å². The van der Waals surface area contributed by atoms with Crippen LogP contribution in [0.3, 0.4) is 0 Å². The van der Waals surface area contributed by atoms with E-state index in [0.717, 1.165) is 0 Å². The molecule has 0 aliphatic carbocycles. The number of nitrogens with one attached hydrogen (secondary N) is 1. The number of nitrogens with two attached hydrogens (primary N) is 1. The third-order valence-corrected chi connectivity index (χ3v) is 3.55. The van der Waals surface area contributed by atoms with Crippen LogP contribution in [0.1, 0.15) is 16.1 Å². The van der Waals surface area contributed by atoms with Crippen LogP contribution in [0.4, 0.5) is 5.82 Å². The van der Waals surface area contributed by atoms with Crippen LogP contribution in [0.5, 0.6) is 0 Å². The Morgan fingerprint density at radius 2 is 2.07 bits per heavy atom. The number of anilines is 1. The molecule has 0 saturated carbocycles. The molecular formula is C16H12N8O3. The minimum Gasteiger partial charge on any atom is -0.472 e. The van der Waals surface area contributed by atoms with Crippen molar-refractivity contribution in [3.63, 3.8) is 0 Å². The molecule has 0 atom stereocenters. The van der Waals surface area contributed by atoms with Crippen LogP contribution in [-0.2, 0) is 0 Å². The standard InChI is InChI=1S/C16H12N8O3/c17-14-15(22-27-21-14)24-13(11-4-2-1-3-5-11)12(19-23-24)16(25)20-18-8-10-6-7-26-9-10/h1-9H,(H2,17,21)(H,20,25)/b18-8-. The highest BCUT2D eigenvalue weighted by Gasteiger charge is 2.24. The average Bonchev–Trinajstić information content (AvgIpc) is 3.42. The van der Waals surface area contributed by atoms with Crippen LogP contribution in [0.15, 0.2) is 63.1 Å². The number of amides is 1. The molecule has 11 nitrogen and oxygen atoms in total. The lowest BCUT2D eigenvalue weighted by Gasteiger charge is -2.05. The topological polar surface area (TPSA) is 150 Å². The maximum absolute atomic E-state index is 12.6. The van der Waals surface area contributed by atoms with Gasteiger partial charge < -0.3 is 10.2 Å². The summed E-state index contributed by atoms with van der Waals surface area (Å²) in [4.78, 5) is 12.6. The predicted octanol–water partition coefficient (Wildman–Crippen LogP) is 1.26. The fraction of sp³-hybridized carbons (Fsp3) is 0. The molecule has 0 radical (unpaired) electrons. The summed E-state index contributed by atoms with van der Waals surface area (Å²) in [5, 5.41) is 19.1. The number of hydrazone groups is 1. The van der Waals surface area contributed by atoms with E-state index in [0.29, 0.717) is 16.8 Å². The van der Waals surface area contributed by atoms with Gasteiger partial charge in [0.25, 0.3) is 5.91 Å². The third kappa shape index (κ3) is 3.16. The van der Waals surface area contributed by atoms with Gasteiger partial charge in [0, 0.05) is 11.1 Å². The Morgan fingerprint density at radius 1 is 1.22 bits per heavy atom. The first-order valence-electron chi connectivity index (χ1n) is 7.69. The van der Waals surface area contributed by atoms with Crippen LogP contribution in [0, 0.1) is 0 Å². The van der Waals surface area contributed by atoms with E-state index in [2.05, 4.69) is 35.8 Å². The zero-order valence-corrected chi connectivity index (χ0v) is 13.7. The van der Waals surface area contributed by atoms with Crippen LogP contribution in [0.25, 0.3) is 17.1 Å². The quantitative estimate of drug-likeness (QED) is 0.397. The first-order valence-corrected chi connectivity index (χ1v) is 7.69. The molecule has 0 bridgehead atoms. The second-order valence-electron chi connectivity index (χ2n) is 5.29. The summed E-state index contributed by atoms with van der Waals surface area (Å²) in [5.41, 5.74) is 9.93. The number of furan rings is 1. The smallest absolute Gasteiger partial charge is 0.294 e. The van der Waals surface area contributed by atoms with Gasteiger partial charge in [0.2, 0.25) is 11.6 Å². The van der Waals surface area contributed by atoms with Gasteiger partial charge in [-0.05, 0) is 16.4 Å². The number of rotatable bonds is 5. The maximum Gasteiger partial charge on any atom is 0.294 e. The Balaban J connectivity index is 1.71. The van der Waals surface area contributed by atoms with Crippen molar-refractivity contribution in [2.75, 3.05) is 5.73 Å². The molecule has 0 aliphatic rings. The maximum atomic E-state index is 12.6. The van der Waals surface area contributed by atoms with Gasteiger partial charge in [0.1, 0.15) is 5.69 Å². The highest BCUT2D eigenvalue weighted by atomic mass is 16.6. The molecule has 3 aromatic heterocycles. The van der Waals surface area contributed by atoms with Crippen molar-refractivity contribution in [1.82, 2.24) is 30.7 Å². The van der Waals surface area contributed by atoms with Crippen LogP contribution in [0.2, 0.25) is 0 Å². The zero-order chi connectivity index (χ0) is 18.6. The lowest BCUT2D eigenvalue weighted by Crippen LogP contribution is -2.19. The summed E-state index contributed by atoms with van der Waals surface area (Å²) in [7, 11) is 0. The van der Waals surface area contributed by atoms with Gasteiger partial charge in [-0.1, -0.05) is 35.5 Å². The summed E-state index contributed by atoms with van der Waals surface area (Å²) in [5.74, 6) is -0.417. The molecule has 0 unspecified atom stereocenters. The Kier molecular flexibility index (Phi) is 4.15. The number of nitrogen functional groups attached to an aromatic ring is 1. The first kappa shape index (κ1) is 16.2. The number of benzene rings is 1.